The molecule has 0 N–H and O–H groups in total. The van der Waals surface area contributed by atoms with Crippen LogP contribution in [-0.2, 0) is 0 Å². The van der Waals surface area contributed by atoms with Crippen LogP contribution in [0.25, 0.3) is 0 Å². The van der Waals surface area contributed by atoms with E-state index < -0.39 is 0 Å². The van der Waals surface area contributed by atoms with Crippen molar-refractivity contribution in [2.45, 2.75) is 13.0 Å². The van der Waals surface area contributed by atoms with Crippen LogP contribution < -0.4 is 9.80 Å². The van der Waals surface area contributed by atoms with Gasteiger partial charge < -0.3 is 9.80 Å². The Bertz CT molecular complexity index is 495. The number of anilines is 2. The van der Waals surface area contributed by atoms with E-state index in [-0.39, 0.29) is 0 Å². The number of hydrogen-bond donors (Lipinski definition) is 0. The van der Waals surface area contributed by atoms with Gasteiger partial charge in [-0.1, -0.05) is 36.4 Å². The second kappa shape index (κ2) is 4.73. The first-order chi connectivity index (χ1) is 8.84. The van der Waals surface area contributed by atoms with E-state index in [1.165, 1.54) is 11.4 Å². The summed E-state index contributed by atoms with van der Waals surface area (Å²) in [5.41, 5.74) is 2.62. The van der Waals surface area contributed by atoms with E-state index in [9.17, 15) is 0 Å². The molecule has 0 radical (unpaired) electrons. The molecule has 0 spiro atoms. The Kier molecular flexibility index (Phi) is 2.93. The standard InChI is InChI=1S/C16H18N2/c1-14-12-17(15-8-4-2-5-9-15)13-18(14)16-10-6-3-7-11-16/h2-11,14H,12-13H2,1H3/t14-/m1/s1. The van der Waals surface area contributed by atoms with Crippen LogP contribution in [0.3, 0.4) is 0 Å². The van der Waals surface area contributed by atoms with E-state index in [0.717, 1.165) is 13.2 Å². The molecule has 92 valence electrons. The quantitative estimate of drug-likeness (QED) is 0.791. The summed E-state index contributed by atoms with van der Waals surface area (Å²) >= 11 is 0. The average molecular weight is 238 g/mol. The molecule has 0 aromatic heterocycles. The predicted octanol–water partition coefficient (Wildman–Crippen LogP) is 3.36. The highest BCUT2D eigenvalue weighted by molar-refractivity contribution is 5.55. The third kappa shape index (κ3) is 2.06. The number of para-hydroxylation sites is 2. The maximum atomic E-state index is 2.45. The number of nitrogens with zero attached hydrogens (tertiary/aromatic N) is 2. The molecule has 0 unspecified atom stereocenters. The summed E-state index contributed by atoms with van der Waals surface area (Å²) in [7, 11) is 0. The lowest BCUT2D eigenvalue weighted by atomic mass is 10.2. The second-order valence-corrected chi connectivity index (χ2v) is 4.85. The van der Waals surface area contributed by atoms with Crippen LogP contribution in [0.15, 0.2) is 60.7 Å². The summed E-state index contributed by atoms with van der Waals surface area (Å²) in [4.78, 5) is 4.88. The second-order valence-electron chi connectivity index (χ2n) is 4.85. The molecule has 1 heterocycles. The topological polar surface area (TPSA) is 6.48 Å². The van der Waals surface area contributed by atoms with Gasteiger partial charge in [-0.05, 0) is 31.2 Å². The number of rotatable bonds is 2. The maximum Gasteiger partial charge on any atom is 0.0907 e. The molecular formula is C16H18N2. The predicted molar refractivity (Wildman–Crippen MR) is 77.0 cm³/mol. The maximum absolute atomic E-state index is 2.45. The third-order valence-corrected chi connectivity index (χ3v) is 3.55. The van der Waals surface area contributed by atoms with Crippen molar-refractivity contribution >= 4 is 11.4 Å². The Morgan fingerprint density at radius 2 is 1.39 bits per heavy atom. The SMILES string of the molecule is C[C@@H]1CN(c2ccccc2)CN1c1ccccc1. The van der Waals surface area contributed by atoms with Gasteiger partial charge in [0.05, 0.1) is 6.67 Å². The summed E-state index contributed by atoms with van der Waals surface area (Å²) in [5, 5.41) is 0. The highest BCUT2D eigenvalue weighted by atomic mass is 15.4. The number of benzene rings is 2. The van der Waals surface area contributed by atoms with Crippen molar-refractivity contribution in [2.75, 3.05) is 23.0 Å². The smallest absolute Gasteiger partial charge is 0.0907 e. The summed E-state index contributed by atoms with van der Waals surface area (Å²) in [6, 6.07) is 21.8. The molecule has 2 aromatic carbocycles. The summed E-state index contributed by atoms with van der Waals surface area (Å²) in [6.07, 6.45) is 0. The normalized spacial score (nSPS) is 19.3. The van der Waals surface area contributed by atoms with E-state index >= 15 is 0 Å². The summed E-state index contributed by atoms with van der Waals surface area (Å²) in [6.45, 7) is 4.34. The zero-order valence-corrected chi connectivity index (χ0v) is 10.7. The van der Waals surface area contributed by atoms with E-state index in [0.29, 0.717) is 6.04 Å². The fourth-order valence-corrected chi connectivity index (χ4v) is 2.58. The molecule has 1 fully saturated rings. The zero-order valence-electron chi connectivity index (χ0n) is 10.7. The third-order valence-electron chi connectivity index (χ3n) is 3.55. The van der Waals surface area contributed by atoms with Gasteiger partial charge in [0.2, 0.25) is 0 Å². The van der Waals surface area contributed by atoms with Crippen LogP contribution in [-0.4, -0.2) is 19.3 Å². The zero-order chi connectivity index (χ0) is 12.4. The minimum atomic E-state index is 0.549. The molecule has 18 heavy (non-hydrogen) atoms. The van der Waals surface area contributed by atoms with Crippen molar-refractivity contribution in [3.05, 3.63) is 60.7 Å². The molecule has 1 aliphatic heterocycles. The van der Waals surface area contributed by atoms with Crippen molar-refractivity contribution in [1.29, 1.82) is 0 Å². The largest absolute Gasteiger partial charge is 0.352 e. The Morgan fingerprint density at radius 1 is 0.833 bits per heavy atom. The average Bonchev–Trinajstić information content (AvgIpc) is 2.83. The van der Waals surface area contributed by atoms with Gasteiger partial charge in [-0.25, -0.2) is 0 Å². The van der Waals surface area contributed by atoms with Crippen LogP contribution in [0.2, 0.25) is 0 Å². The molecule has 1 saturated heterocycles. The van der Waals surface area contributed by atoms with Crippen molar-refractivity contribution in [3.8, 4) is 0 Å². The first-order valence-corrected chi connectivity index (χ1v) is 6.46. The van der Waals surface area contributed by atoms with Crippen LogP contribution in [0.1, 0.15) is 6.92 Å². The monoisotopic (exact) mass is 238 g/mol. The number of hydrogen-bond acceptors (Lipinski definition) is 2. The van der Waals surface area contributed by atoms with Crippen LogP contribution in [0.5, 0.6) is 0 Å². The molecule has 2 heteroatoms. The minimum Gasteiger partial charge on any atom is -0.352 e. The van der Waals surface area contributed by atoms with Crippen molar-refractivity contribution < 1.29 is 0 Å². The molecule has 2 nitrogen and oxygen atoms in total. The Hall–Kier alpha value is -1.96. The Labute approximate surface area is 108 Å². The Morgan fingerprint density at radius 3 is 2.00 bits per heavy atom. The summed E-state index contributed by atoms with van der Waals surface area (Å²) in [5.74, 6) is 0. The molecule has 3 rings (SSSR count). The van der Waals surface area contributed by atoms with Gasteiger partial charge >= 0.3 is 0 Å². The van der Waals surface area contributed by atoms with Gasteiger partial charge in [0.1, 0.15) is 0 Å². The Balaban J connectivity index is 1.81. The van der Waals surface area contributed by atoms with Crippen LogP contribution in [0.4, 0.5) is 11.4 Å². The molecular weight excluding hydrogens is 220 g/mol. The highest BCUT2D eigenvalue weighted by Crippen LogP contribution is 2.26. The molecule has 0 saturated carbocycles. The van der Waals surface area contributed by atoms with Crippen molar-refractivity contribution in [2.24, 2.45) is 0 Å². The fraction of sp³-hybridized carbons (Fsp3) is 0.250. The summed E-state index contributed by atoms with van der Waals surface area (Å²) < 4.78 is 0. The van der Waals surface area contributed by atoms with E-state index in [1.807, 2.05) is 0 Å². The first-order valence-electron chi connectivity index (χ1n) is 6.46. The van der Waals surface area contributed by atoms with Crippen molar-refractivity contribution in [3.63, 3.8) is 0 Å². The van der Waals surface area contributed by atoms with Gasteiger partial charge in [0, 0.05) is 24.0 Å². The molecule has 0 bridgehead atoms. The van der Waals surface area contributed by atoms with Crippen molar-refractivity contribution in [1.82, 2.24) is 0 Å². The van der Waals surface area contributed by atoms with E-state index in [1.54, 1.807) is 0 Å². The molecule has 0 aliphatic carbocycles. The minimum absolute atomic E-state index is 0.549. The van der Waals surface area contributed by atoms with Crippen LogP contribution in [0, 0.1) is 0 Å². The lowest BCUT2D eigenvalue weighted by Gasteiger charge is -2.23. The molecule has 0 amide bonds. The fourth-order valence-electron chi connectivity index (χ4n) is 2.58. The van der Waals surface area contributed by atoms with Gasteiger partial charge in [0.15, 0.2) is 0 Å². The van der Waals surface area contributed by atoms with Gasteiger partial charge in [-0.3, -0.25) is 0 Å². The highest BCUT2D eigenvalue weighted by Gasteiger charge is 2.26. The lowest BCUT2D eigenvalue weighted by Crippen LogP contribution is -2.28. The molecule has 2 aromatic rings. The van der Waals surface area contributed by atoms with E-state index in [2.05, 4.69) is 77.4 Å². The molecule has 1 aliphatic rings. The molecule has 1 atom stereocenters. The van der Waals surface area contributed by atoms with E-state index in [4.69, 9.17) is 0 Å². The van der Waals surface area contributed by atoms with Gasteiger partial charge in [0.25, 0.3) is 0 Å². The van der Waals surface area contributed by atoms with Crippen LogP contribution >= 0.6 is 0 Å². The lowest BCUT2D eigenvalue weighted by molar-refractivity contribution is 0.778. The van der Waals surface area contributed by atoms with Gasteiger partial charge in [-0.15, -0.1) is 0 Å². The first kappa shape index (κ1) is 11.1. The van der Waals surface area contributed by atoms with Gasteiger partial charge in [-0.2, -0.15) is 0 Å².